The summed E-state index contributed by atoms with van der Waals surface area (Å²) in [7, 11) is -3.38. The van der Waals surface area contributed by atoms with Crippen LogP contribution in [0.5, 0.6) is 0 Å². The first kappa shape index (κ1) is 15.5. The van der Waals surface area contributed by atoms with Crippen LogP contribution in [0.3, 0.4) is 0 Å². The average molecular weight is 411 g/mol. The number of alkyl halides is 1. The Morgan fingerprint density at radius 1 is 1.21 bits per heavy atom. The molecule has 1 aromatic rings. The largest absolute Gasteiger partial charge is 0.240 e. The number of benzene rings is 1. The lowest BCUT2D eigenvalue weighted by atomic mass is 9.89. The van der Waals surface area contributed by atoms with E-state index < -0.39 is 10.0 Å². The predicted octanol–water partition coefficient (Wildman–Crippen LogP) is 3.68. The fourth-order valence-corrected chi connectivity index (χ4v) is 4.57. The van der Waals surface area contributed by atoms with Crippen molar-refractivity contribution in [3.05, 3.63) is 28.7 Å². The van der Waals surface area contributed by atoms with E-state index in [1.807, 2.05) is 0 Å². The Bertz CT molecular complexity index is 516. The molecule has 6 heteroatoms. The van der Waals surface area contributed by atoms with Gasteiger partial charge in [-0.15, -0.1) is 0 Å². The Hall–Kier alpha value is 0.0900. The van der Waals surface area contributed by atoms with E-state index in [0.717, 1.165) is 17.3 Å². The van der Waals surface area contributed by atoms with Gasteiger partial charge in [0.05, 0.1) is 4.90 Å². The minimum Gasteiger partial charge on any atom is -0.211 e. The number of nitrogens with one attached hydrogen (secondary N) is 1. The van der Waals surface area contributed by atoms with Gasteiger partial charge in [0.2, 0.25) is 10.0 Å². The van der Waals surface area contributed by atoms with E-state index in [-0.39, 0.29) is 0 Å². The summed E-state index contributed by atoms with van der Waals surface area (Å²) in [6, 6.07) is 6.70. The van der Waals surface area contributed by atoms with Crippen LogP contribution in [0.4, 0.5) is 0 Å². The molecule has 1 saturated carbocycles. The highest BCUT2D eigenvalue weighted by atomic mass is 79.9. The molecule has 1 aliphatic rings. The molecule has 1 aliphatic carbocycles. The fourth-order valence-electron chi connectivity index (χ4n) is 2.34. The molecule has 1 aromatic carbocycles. The monoisotopic (exact) mass is 409 g/mol. The van der Waals surface area contributed by atoms with Gasteiger partial charge in [0.1, 0.15) is 0 Å². The maximum Gasteiger partial charge on any atom is 0.240 e. The summed E-state index contributed by atoms with van der Waals surface area (Å²) in [5.41, 5.74) is 0. The zero-order valence-electron chi connectivity index (χ0n) is 10.5. The van der Waals surface area contributed by atoms with Gasteiger partial charge in [0.25, 0.3) is 0 Å². The Kier molecular flexibility index (Phi) is 5.45. The van der Waals surface area contributed by atoms with Crippen molar-refractivity contribution in [1.82, 2.24) is 4.72 Å². The summed E-state index contributed by atoms with van der Waals surface area (Å²) >= 11 is 6.92. The van der Waals surface area contributed by atoms with Gasteiger partial charge in [-0.1, -0.05) is 38.3 Å². The van der Waals surface area contributed by atoms with Gasteiger partial charge >= 0.3 is 0 Å². The summed E-state index contributed by atoms with van der Waals surface area (Å²) in [6.45, 7) is 0.528. The minimum atomic E-state index is -3.38. The molecule has 19 heavy (non-hydrogen) atoms. The van der Waals surface area contributed by atoms with Gasteiger partial charge in [0.15, 0.2) is 0 Å². The third-order valence-corrected chi connectivity index (χ3v) is 6.20. The molecule has 106 valence electrons. The van der Waals surface area contributed by atoms with Crippen LogP contribution < -0.4 is 4.72 Å². The second-order valence-electron chi connectivity index (χ2n) is 4.94. The molecule has 0 heterocycles. The average Bonchev–Trinajstić information content (AvgIpc) is 2.37. The van der Waals surface area contributed by atoms with E-state index in [0.29, 0.717) is 22.2 Å². The molecule has 0 bridgehead atoms. The van der Waals surface area contributed by atoms with Crippen molar-refractivity contribution >= 4 is 41.9 Å². The molecule has 0 spiro atoms. The Morgan fingerprint density at radius 3 is 2.53 bits per heavy atom. The molecule has 0 amide bonds. The first-order chi connectivity index (χ1) is 8.97. The van der Waals surface area contributed by atoms with E-state index in [1.165, 1.54) is 12.8 Å². The van der Waals surface area contributed by atoms with Crippen molar-refractivity contribution in [2.75, 3.05) is 6.54 Å². The number of hydrogen-bond donors (Lipinski definition) is 1. The molecule has 0 saturated heterocycles. The second-order valence-corrected chi connectivity index (χ2v) is 8.91. The van der Waals surface area contributed by atoms with Crippen LogP contribution in [0.25, 0.3) is 0 Å². The highest BCUT2D eigenvalue weighted by Crippen LogP contribution is 2.28. The number of sulfonamides is 1. The topological polar surface area (TPSA) is 46.2 Å². The van der Waals surface area contributed by atoms with Gasteiger partial charge in [-0.3, -0.25) is 0 Å². The number of hydrogen-bond acceptors (Lipinski definition) is 2. The van der Waals surface area contributed by atoms with Gasteiger partial charge in [-0.2, -0.15) is 0 Å². The molecule has 0 aromatic heterocycles. The first-order valence-electron chi connectivity index (χ1n) is 6.36. The van der Waals surface area contributed by atoms with Crippen molar-refractivity contribution in [3.63, 3.8) is 0 Å². The standard InChI is InChI=1S/C13H17Br2NO2S/c14-11-4-6-13(7-5-11)19(17,18)16-9-10-2-1-3-12(15)8-10/h4-7,10,12,16H,1-3,8-9H2. The van der Waals surface area contributed by atoms with Crippen molar-refractivity contribution in [3.8, 4) is 0 Å². The SMILES string of the molecule is O=S(=O)(NCC1CCCC(Br)C1)c1ccc(Br)cc1. The number of rotatable bonds is 4. The highest BCUT2D eigenvalue weighted by Gasteiger charge is 2.22. The molecule has 2 rings (SSSR count). The number of halogens is 2. The van der Waals surface area contributed by atoms with Crippen molar-refractivity contribution in [2.24, 2.45) is 5.92 Å². The molecular formula is C13H17Br2NO2S. The minimum absolute atomic E-state index is 0.321. The summed E-state index contributed by atoms with van der Waals surface area (Å²) in [5.74, 6) is 0.434. The van der Waals surface area contributed by atoms with Crippen molar-refractivity contribution in [2.45, 2.75) is 35.4 Å². The zero-order chi connectivity index (χ0) is 13.9. The van der Waals surface area contributed by atoms with Gasteiger partial charge in [-0.25, -0.2) is 13.1 Å². The van der Waals surface area contributed by atoms with Crippen LogP contribution in [-0.4, -0.2) is 19.8 Å². The van der Waals surface area contributed by atoms with E-state index in [4.69, 9.17) is 0 Å². The van der Waals surface area contributed by atoms with Crippen molar-refractivity contribution in [1.29, 1.82) is 0 Å². The molecule has 1 N–H and O–H groups in total. The smallest absolute Gasteiger partial charge is 0.211 e. The van der Waals surface area contributed by atoms with E-state index in [9.17, 15) is 8.42 Å². The third kappa shape index (κ3) is 4.55. The zero-order valence-corrected chi connectivity index (χ0v) is 14.5. The van der Waals surface area contributed by atoms with Crippen LogP contribution in [0.1, 0.15) is 25.7 Å². The molecule has 3 nitrogen and oxygen atoms in total. The Morgan fingerprint density at radius 2 is 1.89 bits per heavy atom. The maximum atomic E-state index is 12.1. The predicted molar refractivity (Wildman–Crippen MR) is 84.0 cm³/mol. The molecule has 2 atom stereocenters. The maximum absolute atomic E-state index is 12.1. The van der Waals surface area contributed by atoms with Crippen LogP contribution >= 0.6 is 31.9 Å². The summed E-state index contributed by atoms with van der Waals surface area (Å²) < 4.78 is 27.9. The lowest BCUT2D eigenvalue weighted by Gasteiger charge is -2.25. The molecule has 2 unspecified atom stereocenters. The van der Waals surface area contributed by atoms with Gasteiger partial charge in [-0.05, 0) is 49.4 Å². The summed E-state index contributed by atoms with van der Waals surface area (Å²) in [4.78, 5) is 0.852. The van der Waals surface area contributed by atoms with E-state index >= 15 is 0 Å². The van der Waals surface area contributed by atoms with E-state index in [1.54, 1.807) is 24.3 Å². The summed E-state index contributed by atoms with van der Waals surface area (Å²) in [5, 5.41) is 0. The third-order valence-electron chi connectivity index (χ3n) is 3.40. The van der Waals surface area contributed by atoms with Crippen LogP contribution in [0, 0.1) is 5.92 Å². The van der Waals surface area contributed by atoms with Crippen molar-refractivity contribution < 1.29 is 8.42 Å². The second kappa shape index (κ2) is 6.70. The lowest BCUT2D eigenvalue weighted by Crippen LogP contribution is -2.32. The van der Waals surface area contributed by atoms with Crippen LogP contribution in [0.15, 0.2) is 33.6 Å². The normalized spacial score (nSPS) is 24.3. The highest BCUT2D eigenvalue weighted by molar-refractivity contribution is 9.10. The molecule has 1 fully saturated rings. The first-order valence-corrected chi connectivity index (χ1v) is 9.56. The summed E-state index contributed by atoms with van der Waals surface area (Å²) in [6.07, 6.45) is 4.50. The fraction of sp³-hybridized carbons (Fsp3) is 0.538. The van der Waals surface area contributed by atoms with Crippen LogP contribution in [0.2, 0.25) is 0 Å². The Balaban J connectivity index is 1.96. The van der Waals surface area contributed by atoms with Gasteiger partial charge in [0, 0.05) is 15.8 Å². The van der Waals surface area contributed by atoms with Crippen LogP contribution in [-0.2, 0) is 10.0 Å². The molecular weight excluding hydrogens is 394 g/mol. The molecule has 0 radical (unpaired) electrons. The lowest BCUT2D eigenvalue weighted by molar-refractivity contribution is 0.368. The van der Waals surface area contributed by atoms with Gasteiger partial charge < -0.3 is 0 Å². The quantitative estimate of drug-likeness (QED) is 0.769. The van der Waals surface area contributed by atoms with E-state index in [2.05, 4.69) is 36.6 Å². The Labute approximate surface area is 131 Å². The molecule has 0 aliphatic heterocycles.